The number of aryl methyl sites for hydroxylation is 1. The van der Waals surface area contributed by atoms with Crippen LogP contribution in [0.2, 0.25) is 0 Å². The molecular formula is C19H26N2O4. The van der Waals surface area contributed by atoms with Gasteiger partial charge in [-0.1, -0.05) is 0 Å². The summed E-state index contributed by atoms with van der Waals surface area (Å²) >= 11 is 0. The van der Waals surface area contributed by atoms with E-state index >= 15 is 0 Å². The van der Waals surface area contributed by atoms with Gasteiger partial charge in [0.25, 0.3) is 0 Å². The molecule has 1 fully saturated rings. The van der Waals surface area contributed by atoms with Gasteiger partial charge >= 0.3 is 6.03 Å². The van der Waals surface area contributed by atoms with E-state index in [0.29, 0.717) is 0 Å². The molecule has 2 amide bonds. The van der Waals surface area contributed by atoms with Crippen molar-refractivity contribution in [2.24, 2.45) is 0 Å². The minimum Gasteiger partial charge on any atom is -0.497 e. The summed E-state index contributed by atoms with van der Waals surface area (Å²) in [6, 6.07) is 5.36. The third-order valence-electron chi connectivity index (χ3n) is 4.95. The van der Waals surface area contributed by atoms with Gasteiger partial charge in [-0.2, -0.15) is 0 Å². The van der Waals surface area contributed by atoms with Crippen molar-refractivity contribution in [1.82, 2.24) is 10.6 Å². The fraction of sp³-hybridized carbons (Fsp3) is 0.526. The van der Waals surface area contributed by atoms with Crippen molar-refractivity contribution in [2.45, 2.75) is 57.7 Å². The Labute approximate surface area is 147 Å². The molecule has 1 aromatic heterocycles. The van der Waals surface area contributed by atoms with E-state index in [1.165, 1.54) is 0 Å². The van der Waals surface area contributed by atoms with Gasteiger partial charge in [-0.15, -0.1) is 0 Å². The zero-order valence-corrected chi connectivity index (χ0v) is 15.0. The lowest BCUT2D eigenvalue weighted by Crippen LogP contribution is -2.44. The van der Waals surface area contributed by atoms with Crippen LogP contribution in [-0.2, 0) is 0 Å². The van der Waals surface area contributed by atoms with Crippen LogP contribution in [0.1, 0.15) is 50.0 Å². The van der Waals surface area contributed by atoms with Crippen LogP contribution in [-0.4, -0.2) is 30.4 Å². The molecule has 1 aromatic carbocycles. The first-order valence-corrected chi connectivity index (χ1v) is 8.80. The van der Waals surface area contributed by atoms with Crippen LogP contribution >= 0.6 is 0 Å². The molecule has 1 unspecified atom stereocenters. The normalized spacial score (nSPS) is 21.8. The number of benzene rings is 1. The molecule has 0 spiro atoms. The fourth-order valence-electron chi connectivity index (χ4n) is 3.47. The minimum atomic E-state index is -0.243. The molecule has 6 heteroatoms. The number of amides is 2. The van der Waals surface area contributed by atoms with Gasteiger partial charge in [0, 0.05) is 17.0 Å². The molecule has 0 saturated heterocycles. The number of carbonyl (C=O) groups excluding carboxylic acids is 1. The highest BCUT2D eigenvalue weighted by atomic mass is 16.5. The number of aliphatic hydroxyl groups is 1. The van der Waals surface area contributed by atoms with Gasteiger partial charge in [-0.25, -0.2) is 4.79 Å². The van der Waals surface area contributed by atoms with Gasteiger partial charge in [-0.05, 0) is 57.7 Å². The summed E-state index contributed by atoms with van der Waals surface area (Å²) in [5.74, 6) is 1.53. The van der Waals surface area contributed by atoms with Crippen LogP contribution in [0, 0.1) is 6.92 Å². The van der Waals surface area contributed by atoms with Gasteiger partial charge in [-0.3, -0.25) is 0 Å². The number of methoxy groups -OCH3 is 1. The molecule has 6 nitrogen and oxygen atoms in total. The van der Waals surface area contributed by atoms with Crippen molar-refractivity contribution in [2.75, 3.05) is 7.11 Å². The molecule has 1 aliphatic carbocycles. The van der Waals surface area contributed by atoms with Crippen LogP contribution in [0.4, 0.5) is 4.79 Å². The van der Waals surface area contributed by atoms with Crippen molar-refractivity contribution >= 4 is 17.0 Å². The average molecular weight is 346 g/mol. The van der Waals surface area contributed by atoms with Gasteiger partial charge in [0.1, 0.15) is 17.1 Å². The Kier molecular flexibility index (Phi) is 5.18. The smallest absolute Gasteiger partial charge is 0.315 e. The molecule has 0 radical (unpaired) electrons. The summed E-state index contributed by atoms with van der Waals surface area (Å²) in [6.45, 7) is 3.89. The number of ether oxygens (including phenoxy) is 1. The van der Waals surface area contributed by atoms with E-state index in [-0.39, 0.29) is 24.2 Å². The number of hydrogen-bond donors (Lipinski definition) is 3. The van der Waals surface area contributed by atoms with Crippen LogP contribution in [0.5, 0.6) is 5.75 Å². The number of furan rings is 1. The third kappa shape index (κ3) is 3.90. The summed E-state index contributed by atoms with van der Waals surface area (Å²) in [5.41, 5.74) is 1.78. The highest BCUT2D eigenvalue weighted by molar-refractivity contribution is 5.84. The van der Waals surface area contributed by atoms with Crippen molar-refractivity contribution in [1.29, 1.82) is 0 Å². The van der Waals surface area contributed by atoms with Gasteiger partial charge < -0.3 is 24.9 Å². The Morgan fingerprint density at radius 3 is 2.72 bits per heavy atom. The lowest BCUT2D eigenvalue weighted by atomic mass is 9.93. The predicted octanol–water partition coefficient (Wildman–Crippen LogP) is 3.41. The SMILES string of the molecule is COc1ccc2oc(C(C)NC(=O)NC3CCC(O)CC3)c(C)c2c1. The van der Waals surface area contributed by atoms with Crippen molar-refractivity contribution < 1.29 is 19.1 Å². The first-order valence-electron chi connectivity index (χ1n) is 8.80. The fourth-order valence-corrected chi connectivity index (χ4v) is 3.47. The summed E-state index contributed by atoms with van der Waals surface area (Å²) in [6.07, 6.45) is 2.88. The van der Waals surface area contributed by atoms with E-state index in [4.69, 9.17) is 9.15 Å². The highest BCUT2D eigenvalue weighted by Gasteiger charge is 2.23. The highest BCUT2D eigenvalue weighted by Crippen LogP contribution is 2.31. The Balaban J connectivity index is 1.66. The second-order valence-electron chi connectivity index (χ2n) is 6.80. The molecule has 3 rings (SSSR count). The minimum absolute atomic E-state index is 0.122. The lowest BCUT2D eigenvalue weighted by Gasteiger charge is -2.26. The van der Waals surface area contributed by atoms with Gasteiger partial charge in [0.2, 0.25) is 0 Å². The quantitative estimate of drug-likeness (QED) is 0.792. The Morgan fingerprint density at radius 2 is 2.04 bits per heavy atom. The standard InChI is InChI=1S/C19H26N2O4/c1-11-16-10-15(24-3)8-9-17(16)25-18(11)12(2)20-19(23)21-13-4-6-14(22)7-5-13/h8-10,12-14,22H,4-7H2,1-3H3,(H2,20,21,23). The van der Waals surface area contributed by atoms with Crippen LogP contribution < -0.4 is 15.4 Å². The monoisotopic (exact) mass is 346 g/mol. The summed E-state index contributed by atoms with van der Waals surface area (Å²) in [4.78, 5) is 12.3. The number of aliphatic hydroxyl groups excluding tert-OH is 1. The predicted molar refractivity (Wildman–Crippen MR) is 95.8 cm³/mol. The maximum atomic E-state index is 12.3. The molecule has 1 heterocycles. The topological polar surface area (TPSA) is 83.7 Å². The molecule has 136 valence electrons. The molecule has 1 saturated carbocycles. The molecule has 1 atom stereocenters. The number of rotatable bonds is 4. The zero-order valence-electron chi connectivity index (χ0n) is 15.0. The number of hydrogen-bond acceptors (Lipinski definition) is 4. The second kappa shape index (κ2) is 7.35. The Morgan fingerprint density at radius 1 is 1.32 bits per heavy atom. The molecule has 0 bridgehead atoms. The van der Waals surface area contributed by atoms with E-state index < -0.39 is 0 Å². The zero-order chi connectivity index (χ0) is 18.0. The molecule has 1 aliphatic rings. The lowest BCUT2D eigenvalue weighted by molar-refractivity contribution is 0.117. The van der Waals surface area contributed by atoms with E-state index in [9.17, 15) is 9.90 Å². The third-order valence-corrected chi connectivity index (χ3v) is 4.95. The summed E-state index contributed by atoms with van der Waals surface area (Å²) in [5, 5.41) is 16.5. The first kappa shape index (κ1) is 17.6. The van der Waals surface area contributed by atoms with Crippen LogP contribution in [0.3, 0.4) is 0 Å². The van der Waals surface area contributed by atoms with Gasteiger partial charge in [0.15, 0.2) is 0 Å². The average Bonchev–Trinajstić information content (AvgIpc) is 2.93. The number of fused-ring (bicyclic) bond motifs is 1. The van der Waals surface area contributed by atoms with Crippen LogP contribution in [0.15, 0.2) is 22.6 Å². The Hall–Kier alpha value is -2.21. The molecular weight excluding hydrogens is 320 g/mol. The first-order chi connectivity index (χ1) is 12.0. The largest absolute Gasteiger partial charge is 0.497 e. The molecule has 0 aliphatic heterocycles. The van der Waals surface area contributed by atoms with E-state index in [1.807, 2.05) is 32.0 Å². The van der Waals surface area contributed by atoms with Gasteiger partial charge in [0.05, 0.1) is 19.3 Å². The molecule has 2 aromatic rings. The number of nitrogens with one attached hydrogen (secondary N) is 2. The second-order valence-corrected chi connectivity index (χ2v) is 6.80. The number of carbonyl (C=O) groups is 1. The summed E-state index contributed by atoms with van der Waals surface area (Å²) in [7, 11) is 1.64. The van der Waals surface area contributed by atoms with Crippen molar-refractivity contribution in [3.05, 3.63) is 29.5 Å². The van der Waals surface area contributed by atoms with E-state index in [1.54, 1.807) is 7.11 Å². The van der Waals surface area contributed by atoms with Crippen molar-refractivity contribution in [3.63, 3.8) is 0 Å². The number of urea groups is 1. The van der Waals surface area contributed by atoms with E-state index in [0.717, 1.165) is 53.7 Å². The molecule has 25 heavy (non-hydrogen) atoms. The summed E-state index contributed by atoms with van der Waals surface area (Å²) < 4.78 is 11.2. The molecule has 3 N–H and O–H groups in total. The Bertz CT molecular complexity index is 747. The maximum Gasteiger partial charge on any atom is 0.315 e. The van der Waals surface area contributed by atoms with Crippen molar-refractivity contribution in [3.8, 4) is 5.75 Å². The van der Waals surface area contributed by atoms with E-state index in [2.05, 4.69) is 10.6 Å². The maximum absolute atomic E-state index is 12.3. The van der Waals surface area contributed by atoms with Crippen LogP contribution in [0.25, 0.3) is 11.0 Å².